The summed E-state index contributed by atoms with van der Waals surface area (Å²) in [6, 6.07) is 1.55. The van der Waals surface area contributed by atoms with Gasteiger partial charge >= 0.3 is 0 Å². The van der Waals surface area contributed by atoms with Crippen molar-refractivity contribution in [2.45, 2.75) is 32.0 Å². The Kier molecular flexibility index (Phi) is 3.21. The molecule has 7 heteroatoms. The molecule has 2 aliphatic rings. The normalized spacial score (nSPS) is 26.2. The van der Waals surface area contributed by atoms with Crippen molar-refractivity contribution < 1.29 is 18.8 Å². The summed E-state index contributed by atoms with van der Waals surface area (Å²) in [6.07, 6.45) is 1.32. The third kappa shape index (κ3) is 2.07. The second-order valence-corrected chi connectivity index (χ2v) is 5.40. The lowest BCUT2D eigenvalue weighted by Crippen LogP contribution is -2.56. The van der Waals surface area contributed by atoms with Crippen LogP contribution in [0.2, 0.25) is 0 Å². The molecular formula is C13H17N3O4. The highest BCUT2D eigenvalue weighted by atomic mass is 16.5. The number of amides is 2. The van der Waals surface area contributed by atoms with Gasteiger partial charge < -0.3 is 19.1 Å². The fourth-order valence-electron chi connectivity index (χ4n) is 2.94. The summed E-state index contributed by atoms with van der Waals surface area (Å²) in [6.45, 7) is 4.97. The highest BCUT2D eigenvalue weighted by molar-refractivity contribution is 5.91. The van der Waals surface area contributed by atoms with E-state index in [1.807, 2.05) is 18.7 Å². The first-order chi connectivity index (χ1) is 9.58. The van der Waals surface area contributed by atoms with Crippen molar-refractivity contribution in [3.63, 3.8) is 0 Å². The summed E-state index contributed by atoms with van der Waals surface area (Å²) in [5, 5.41) is 3.54. The van der Waals surface area contributed by atoms with Crippen molar-refractivity contribution in [1.29, 1.82) is 0 Å². The third-order valence-electron chi connectivity index (χ3n) is 3.80. The zero-order chi connectivity index (χ0) is 14.3. The fourth-order valence-corrected chi connectivity index (χ4v) is 2.94. The average Bonchev–Trinajstić information content (AvgIpc) is 3.06. The molecular weight excluding hydrogens is 262 g/mol. The van der Waals surface area contributed by atoms with Gasteiger partial charge in [-0.25, -0.2) is 0 Å². The Labute approximate surface area is 116 Å². The van der Waals surface area contributed by atoms with E-state index < -0.39 is 0 Å². The predicted octanol–water partition coefficient (Wildman–Crippen LogP) is 0.135. The van der Waals surface area contributed by atoms with Crippen LogP contribution >= 0.6 is 0 Å². The summed E-state index contributed by atoms with van der Waals surface area (Å²) in [7, 11) is 0. The van der Waals surface area contributed by atoms with E-state index in [0.29, 0.717) is 13.1 Å². The lowest BCUT2D eigenvalue weighted by molar-refractivity contribution is -0.155. The Bertz CT molecular complexity index is 514. The minimum Gasteiger partial charge on any atom is -0.364 e. The topological polar surface area (TPSA) is 75.9 Å². The van der Waals surface area contributed by atoms with Gasteiger partial charge in [-0.15, -0.1) is 0 Å². The molecule has 2 saturated heterocycles. The van der Waals surface area contributed by atoms with E-state index in [-0.39, 0.29) is 42.4 Å². The first kappa shape index (κ1) is 13.1. The standard InChI is InChI=1S/C13H17N3O4/c1-8(2)16-9-5-15(6-11(9)19-7-12(16)17)13(18)10-3-4-14-20-10/h3-4,8-9,11H,5-7H2,1-2H3/t9-,11+/m1/s1. The van der Waals surface area contributed by atoms with Gasteiger partial charge in [0.25, 0.3) is 5.91 Å². The Morgan fingerprint density at radius 2 is 2.25 bits per heavy atom. The molecule has 108 valence electrons. The molecule has 3 heterocycles. The minimum absolute atomic E-state index is 0.0183. The van der Waals surface area contributed by atoms with E-state index >= 15 is 0 Å². The average molecular weight is 279 g/mol. The number of hydrogen-bond donors (Lipinski definition) is 0. The molecule has 1 aromatic rings. The fraction of sp³-hybridized carbons (Fsp3) is 0.615. The number of fused-ring (bicyclic) bond motifs is 1. The van der Waals surface area contributed by atoms with Crippen molar-refractivity contribution in [2.75, 3.05) is 19.7 Å². The van der Waals surface area contributed by atoms with Crippen LogP contribution in [0.25, 0.3) is 0 Å². The van der Waals surface area contributed by atoms with Crippen LogP contribution in [0.5, 0.6) is 0 Å². The van der Waals surface area contributed by atoms with Gasteiger partial charge in [-0.2, -0.15) is 0 Å². The van der Waals surface area contributed by atoms with E-state index in [9.17, 15) is 9.59 Å². The maximum atomic E-state index is 12.2. The number of likely N-dealkylation sites (tertiary alicyclic amines) is 1. The largest absolute Gasteiger partial charge is 0.364 e. The summed E-state index contributed by atoms with van der Waals surface area (Å²) < 4.78 is 10.5. The maximum absolute atomic E-state index is 12.2. The van der Waals surface area contributed by atoms with Crippen LogP contribution in [-0.2, 0) is 9.53 Å². The zero-order valence-corrected chi connectivity index (χ0v) is 11.5. The maximum Gasteiger partial charge on any atom is 0.292 e. The van der Waals surface area contributed by atoms with E-state index in [1.165, 1.54) is 12.3 Å². The molecule has 0 unspecified atom stereocenters. The summed E-state index contributed by atoms with van der Waals surface area (Å²) >= 11 is 0. The molecule has 0 spiro atoms. The second-order valence-electron chi connectivity index (χ2n) is 5.40. The number of carbonyl (C=O) groups is 2. The molecule has 20 heavy (non-hydrogen) atoms. The third-order valence-corrected chi connectivity index (χ3v) is 3.80. The van der Waals surface area contributed by atoms with Gasteiger partial charge in [0.1, 0.15) is 6.61 Å². The number of carbonyl (C=O) groups excluding carboxylic acids is 2. The van der Waals surface area contributed by atoms with Crippen LogP contribution < -0.4 is 0 Å². The highest BCUT2D eigenvalue weighted by Crippen LogP contribution is 2.26. The highest BCUT2D eigenvalue weighted by Gasteiger charge is 2.45. The van der Waals surface area contributed by atoms with E-state index in [2.05, 4.69) is 5.16 Å². The number of hydrogen-bond acceptors (Lipinski definition) is 5. The van der Waals surface area contributed by atoms with Crippen molar-refractivity contribution in [2.24, 2.45) is 0 Å². The van der Waals surface area contributed by atoms with Crippen LogP contribution in [0.1, 0.15) is 24.4 Å². The number of nitrogens with zero attached hydrogens (tertiary/aromatic N) is 3. The summed E-state index contributed by atoms with van der Waals surface area (Å²) in [5.74, 6) is -0.0158. The van der Waals surface area contributed by atoms with Crippen molar-refractivity contribution >= 4 is 11.8 Å². The molecule has 0 aliphatic carbocycles. The van der Waals surface area contributed by atoms with Crippen molar-refractivity contribution in [3.05, 3.63) is 18.0 Å². The lowest BCUT2D eigenvalue weighted by atomic mass is 10.1. The molecule has 2 amide bonds. The van der Waals surface area contributed by atoms with Crippen LogP contribution in [0.4, 0.5) is 0 Å². The Balaban J connectivity index is 1.77. The quantitative estimate of drug-likeness (QED) is 0.769. The van der Waals surface area contributed by atoms with Gasteiger partial charge in [-0.3, -0.25) is 9.59 Å². The minimum atomic E-state index is -0.211. The number of ether oxygens (including phenoxy) is 1. The van der Waals surface area contributed by atoms with E-state index in [0.717, 1.165) is 0 Å². The molecule has 2 aliphatic heterocycles. The SMILES string of the molecule is CC(C)N1C(=O)CO[C@H]2CN(C(=O)c3ccno3)C[C@H]21. The molecule has 2 atom stereocenters. The molecule has 0 aromatic carbocycles. The van der Waals surface area contributed by atoms with Crippen molar-refractivity contribution in [3.8, 4) is 0 Å². The van der Waals surface area contributed by atoms with Crippen LogP contribution in [0.3, 0.4) is 0 Å². The van der Waals surface area contributed by atoms with Crippen LogP contribution in [-0.4, -0.2) is 64.7 Å². The smallest absolute Gasteiger partial charge is 0.292 e. The number of aromatic nitrogens is 1. The number of morpholine rings is 1. The molecule has 0 saturated carbocycles. The van der Waals surface area contributed by atoms with Gasteiger partial charge in [0.15, 0.2) is 0 Å². The molecule has 1 aromatic heterocycles. The van der Waals surface area contributed by atoms with Gasteiger partial charge in [-0.1, -0.05) is 5.16 Å². The first-order valence-corrected chi connectivity index (χ1v) is 6.70. The van der Waals surface area contributed by atoms with E-state index in [1.54, 1.807) is 4.90 Å². The zero-order valence-electron chi connectivity index (χ0n) is 11.5. The molecule has 2 fully saturated rings. The molecule has 0 radical (unpaired) electrons. The molecule has 0 bridgehead atoms. The first-order valence-electron chi connectivity index (χ1n) is 6.70. The predicted molar refractivity (Wildman–Crippen MR) is 67.9 cm³/mol. The molecule has 7 nitrogen and oxygen atoms in total. The molecule has 3 rings (SSSR count). The van der Waals surface area contributed by atoms with Crippen LogP contribution in [0, 0.1) is 0 Å². The number of rotatable bonds is 2. The summed E-state index contributed by atoms with van der Waals surface area (Å²) in [4.78, 5) is 27.7. The van der Waals surface area contributed by atoms with Gasteiger partial charge in [0.05, 0.1) is 18.3 Å². The summed E-state index contributed by atoms with van der Waals surface area (Å²) in [5.41, 5.74) is 0. The Hall–Kier alpha value is -1.89. The molecule has 0 N–H and O–H groups in total. The van der Waals surface area contributed by atoms with Gasteiger partial charge in [0.2, 0.25) is 11.7 Å². The van der Waals surface area contributed by atoms with Crippen molar-refractivity contribution in [1.82, 2.24) is 15.0 Å². The van der Waals surface area contributed by atoms with Gasteiger partial charge in [-0.05, 0) is 13.8 Å². The van der Waals surface area contributed by atoms with Gasteiger partial charge in [0, 0.05) is 25.2 Å². The Morgan fingerprint density at radius 1 is 1.45 bits per heavy atom. The van der Waals surface area contributed by atoms with Crippen LogP contribution in [0.15, 0.2) is 16.8 Å². The second kappa shape index (κ2) is 4.90. The van der Waals surface area contributed by atoms with E-state index in [4.69, 9.17) is 9.26 Å². The Morgan fingerprint density at radius 3 is 2.90 bits per heavy atom. The lowest BCUT2D eigenvalue weighted by Gasteiger charge is -2.39. The monoisotopic (exact) mass is 279 g/mol.